The third-order valence-corrected chi connectivity index (χ3v) is 7.95. The summed E-state index contributed by atoms with van der Waals surface area (Å²) in [6.07, 6.45) is 25.1. The maximum atomic E-state index is 4.61. The first kappa shape index (κ1) is 46.1. The van der Waals surface area contributed by atoms with Gasteiger partial charge in [0.05, 0.1) is 0 Å². The molecular weight excluding hydrogens is 567 g/mol. The van der Waals surface area contributed by atoms with Gasteiger partial charge in [-0.2, -0.15) is 0 Å². The number of hydrogen-bond donors (Lipinski definition) is 1. The topological polar surface area (TPSA) is 26.0 Å². The van der Waals surface area contributed by atoms with E-state index in [1.165, 1.54) is 135 Å². The molecule has 47 heavy (non-hydrogen) atoms. The molecule has 1 aliphatic rings. The van der Waals surface area contributed by atoms with Crippen molar-refractivity contribution in [2.24, 2.45) is 5.73 Å². The van der Waals surface area contributed by atoms with Crippen LogP contribution in [0.3, 0.4) is 0 Å². The smallest absolute Gasteiger partial charge is 0.0126 e. The molecule has 0 aromatic heterocycles. The largest absolute Gasteiger partial charge is 0.405 e. The molecule has 0 atom stereocenters. The van der Waals surface area contributed by atoms with Crippen molar-refractivity contribution in [2.75, 3.05) is 0 Å². The molecule has 0 bridgehead atoms. The molecule has 1 heteroatoms. The van der Waals surface area contributed by atoms with Crippen molar-refractivity contribution in [2.45, 2.75) is 159 Å². The van der Waals surface area contributed by atoms with E-state index in [0.717, 1.165) is 12.0 Å². The van der Waals surface area contributed by atoms with Gasteiger partial charge in [0, 0.05) is 0 Å². The lowest BCUT2D eigenvalue weighted by Gasteiger charge is -2.12. The number of unbranched alkanes of at least 4 members (excludes halogenated alkanes) is 5. The quantitative estimate of drug-likeness (QED) is 0.192. The summed E-state index contributed by atoms with van der Waals surface area (Å²) in [5.74, 6) is 0. The maximum Gasteiger partial charge on any atom is -0.0126 e. The van der Waals surface area contributed by atoms with Crippen LogP contribution in [0.25, 0.3) is 11.1 Å². The fourth-order valence-electron chi connectivity index (χ4n) is 5.05. The highest BCUT2D eigenvalue weighted by Crippen LogP contribution is 2.32. The molecule has 1 nitrogen and oxygen atoms in total. The zero-order valence-electron chi connectivity index (χ0n) is 32.6. The Morgan fingerprint density at radius 2 is 1.28 bits per heavy atom. The van der Waals surface area contributed by atoms with Crippen molar-refractivity contribution < 1.29 is 0 Å². The predicted molar refractivity (Wildman–Crippen MR) is 219 cm³/mol. The zero-order valence-corrected chi connectivity index (χ0v) is 32.6. The Balaban J connectivity index is 0. The van der Waals surface area contributed by atoms with E-state index in [9.17, 15) is 0 Å². The van der Waals surface area contributed by atoms with Gasteiger partial charge in [-0.3, -0.25) is 0 Å². The molecule has 0 fully saturated rings. The van der Waals surface area contributed by atoms with Gasteiger partial charge in [0.2, 0.25) is 0 Å². The summed E-state index contributed by atoms with van der Waals surface area (Å²) >= 11 is 0. The summed E-state index contributed by atoms with van der Waals surface area (Å²) in [4.78, 5) is 0. The van der Waals surface area contributed by atoms with Crippen molar-refractivity contribution in [3.63, 3.8) is 0 Å². The Kier molecular flexibility index (Phi) is 30.9. The Morgan fingerprint density at radius 3 is 1.72 bits per heavy atom. The van der Waals surface area contributed by atoms with Crippen LogP contribution in [0.2, 0.25) is 0 Å². The lowest BCUT2D eigenvalue weighted by Crippen LogP contribution is -1.94. The van der Waals surface area contributed by atoms with Crippen molar-refractivity contribution in [3.8, 4) is 0 Å². The van der Waals surface area contributed by atoms with Gasteiger partial charge >= 0.3 is 0 Å². The van der Waals surface area contributed by atoms with Crippen LogP contribution in [-0.2, 0) is 12.8 Å². The Hall–Kier alpha value is -3.06. The fourth-order valence-corrected chi connectivity index (χ4v) is 5.05. The van der Waals surface area contributed by atoms with Gasteiger partial charge in [-0.25, -0.2) is 0 Å². The lowest BCUT2D eigenvalue weighted by atomic mass is 9.93. The standard InChI is InChI=1S/C21H28.C11H16.C7H14.C5H12.C2H5N/c1-5-7-9-18-12-13-19(16(3)4)15-21(18)20-11-10-17(14-20)8-6-2;1-3-4-8-11-9-6-5-7-10(11)2;1-4-5-6-7(2)3;1-3-5-4-2;1-2-3/h11-15H,3,5-10H2,1-2,4H3;5-7,9H,3-4,8H2,1-2H3;2,4-6H2,1,3H3;3-5H2,1-2H3;2H,1,3H2. The van der Waals surface area contributed by atoms with E-state index in [-0.39, 0.29) is 0 Å². The molecule has 0 saturated carbocycles. The summed E-state index contributed by atoms with van der Waals surface area (Å²) in [6, 6.07) is 15.5. The molecule has 0 saturated heterocycles. The van der Waals surface area contributed by atoms with Crippen molar-refractivity contribution in [1.82, 2.24) is 0 Å². The zero-order chi connectivity index (χ0) is 35.9. The number of allylic oxidation sites excluding steroid dienone is 6. The van der Waals surface area contributed by atoms with Crippen LogP contribution in [0.4, 0.5) is 0 Å². The van der Waals surface area contributed by atoms with E-state index >= 15 is 0 Å². The van der Waals surface area contributed by atoms with Crippen LogP contribution >= 0.6 is 0 Å². The van der Waals surface area contributed by atoms with Gasteiger partial charge in [0.25, 0.3) is 0 Å². The molecule has 1 aliphatic carbocycles. The molecule has 0 aliphatic heterocycles. The highest BCUT2D eigenvalue weighted by molar-refractivity contribution is 5.81. The molecule has 0 spiro atoms. The van der Waals surface area contributed by atoms with Gasteiger partial charge in [-0.05, 0) is 118 Å². The molecule has 2 N–H and O–H groups in total. The van der Waals surface area contributed by atoms with E-state index in [1.54, 1.807) is 5.57 Å². The molecule has 2 aromatic carbocycles. The van der Waals surface area contributed by atoms with Gasteiger partial charge in [0.1, 0.15) is 0 Å². The van der Waals surface area contributed by atoms with E-state index in [4.69, 9.17) is 0 Å². The summed E-state index contributed by atoms with van der Waals surface area (Å²) in [5, 5.41) is 0. The van der Waals surface area contributed by atoms with Crippen molar-refractivity contribution >= 4 is 11.1 Å². The first-order chi connectivity index (χ1) is 22.6. The van der Waals surface area contributed by atoms with Crippen LogP contribution in [-0.4, -0.2) is 0 Å². The summed E-state index contributed by atoms with van der Waals surface area (Å²) in [7, 11) is 0. The summed E-state index contributed by atoms with van der Waals surface area (Å²) in [5.41, 5.74) is 17.2. The molecule has 2 aromatic rings. The molecule has 0 unspecified atom stereocenters. The Labute approximate surface area is 294 Å². The van der Waals surface area contributed by atoms with Gasteiger partial charge in [-0.1, -0.05) is 165 Å². The van der Waals surface area contributed by atoms with Crippen LogP contribution < -0.4 is 5.73 Å². The van der Waals surface area contributed by atoms with Crippen LogP contribution in [0, 0.1) is 6.92 Å². The summed E-state index contributed by atoms with van der Waals surface area (Å²) in [6.45, 7) is 30.8. The average molecular weight is 642 g/mol. The number of benzene rings is 2. The molecular formula is C46H75N. The normalized spacial score (nSPS) is 11.1. The predicted octanol–water partition coefficient (Wildman–Crippen LogP) is 15.0. The molecule has 0 amide bonds. The monoisotopic (exact) mass is 642 g/mol. The molecule has 3 rings (SSSR count). The van der Waals surface area contributed by atoms with E-state index in [2.05, 4.69) is 142 Å². The van der Waals surface area contributed by atoms with Crippen LogP contribution in [0.15, 0.2) is 91.7 Å². The second-order valence-electron chi connectivity index (χ2n) is 12.9. The van der Waals surface area contributed by atoms with E-state index in [1.807, 2.05) is 0 Å². The summed E-state index contributed by atoms with van der Waals surface area (Å²) < 4.78 is 0. The van der Waals surface area contributed by atoms with Gasteiger partial charge in [0.15, 0.2) is 0 Å². The first-order valence-corrected chi connectivity index (χ1v) is 18.8. The molecule has 0 heterocycles. The highest BCUT2D eigenvalue weighted by Gasteiger charge is 2.12. The number of aryl methyl sites for hydroxylation is 3. The maximum absolute atomic E-state index is 4.61. The lowest BCUT2D eigenvalue weighted by molar-refractivity contribution is 0.772. The van der Waals surface area contributed by atoms with Crippen LogP contribution in [0.1, 0.15) is 167 Å². The minimum atomic E-state index is 1.13. The second kappa shape index (κ2) is 31.5. The Bertz CT molecular complexity index is 1160. The number of rotatable bonds is 15. The second-order valence-corrected chi connectivity index (χ2v) is 12.9. The van der Waals surface area contributed by atoms with Gasteiger partial charge < -0.3 is 5.73 Å². The number of hydrogen-bond acceptors (Lipinski definition) is 1. The van der Waals surface area contributed by atoms with E-state index < -0.39 is 0 Å². The van der Waals surface area contributed by atoms with Crippen LogP contribution in [0.5, 0.6) is 0 Å². The van der Waals surface area contributed by atoms with Gasteiger partial charge in [-0.15, -0.1) is 6.58 Å². The van der Waals surface area contributed by atoms with E-state index in [0.29, 0.717) is 0 Å². The van der Waals surface area contributed by atoms with Crippen molar-refractivity contribution in [3.05, 3.63) is 120 Å². The number of nitrogens with two attached hydrogens (primary N) is 1. The molecule has 264 valence electrons. The van der Waals surface area contributed by atoms with Crippen molar-refractivity contribution in [1.29, 1.82) is 0 Å². The highest BCUT2D eigenvalue weighted by atomic mass is 14.5. The minimum absolute atomic E-state index is 1.13. The molecule has 0 radical (unpaired) electrons. The first-order valence-electron chi connectivity index (χ1n) is 18.8. The Morgan fingerprint density at radius 1 is 0.723 bits per heavy atom. The fraction of sp³-hybridized carbons (Fsp3) is 0.522. The third kappa shape index (κ3) is 23.8. The SMILES string of the molecule is C=C(C)CCCC.C=C(C)c1ccc(CCCC)c(C2=CCC(CCC)=C2)c1.C=CN.CCCCC.CCCCc1ccccc1C. The minimum Gasteiger partial charge on any atom is -0.405 e. The average Bonchev–Trinajstić information content (AvgIpc) is 3.52. The third-order valence-electron chi connectivity index (χ3n) is 7.95.